The quantitative estimate of drug-likeness (QED) is 0.705. The van der Waals surface area contributed by atoms with Crippen LogP contribution in [0.5, 0.6) is 0 Å². The average Bonchev–Trinajstić information content (AvgIpc) is 2.85. The van der Waals surface area contributed by atoms with Crippen molar-refractivity contribution in [2.75, 3.05) is 0 Å². The lowest BCUT2D eigenvalue weighted by atomic mass is 9.70. The van der Waals surface area contributed by atoms with E-state index in [0.29, 0.717) is 11.6 Å². The molecule has 5 heteroatoms. The second kappa shape index (κ2) is 4.58. The Balaban J connectivity index is 1.88. The number of hydrogen-bond donors (Lipinski definition) is 0. The molecule has 0 N–H and O–H groups in total. The van der Waals surface area contributed by atoms with Gasteiger partial charge in [0.2, 0.25) is 0 Å². The van der Waals surface area contributed by atoms with Crippen LogP contribution < -0.4 is 0 Å². The van der Waals surface area contributed by atoms with Gasteiger partial charge in [-0.05, 0) is 41.9 Å². The fraction of sp³-hybridized carbons (Fsp3) is 0.474. The van der Waals surface area contributed by atoms with E-state index in [1.807, 2.05) is 6.07 Å². The molecule has 2 unspecified atom stereocenters. The summed E-state index contributed by atoms with van der Waals surface area (Å²) in [7, 11) is 0. The van der Waals surface area contributed by atoms with Crippen LogP contribution in [-0.2, 0) is 11.6 Å². The lowest BCUT2D eigenvalue weighted by Gasteiger charge is -2.33. The van der Waals surface area contributed by atoms with Gasteiger partial charge in [-0.3, -0.25) is 0 Å². The van der Waals surface area contributed by atoms with Crippen molar-refractivity contribution in [2.45, 2.75) is 51.1 Å². The molecule has 126 valence electrons. The Labute approximate surface area is 139 Å². The monoisotopic (exact) mass is 332 g/mol. The minimum absolute atomic E-state index is 0.0396. The Morgan fingerprint density at radius 1 is 1.08 bits per heavy atom. The third-order valence-electron chi connectivity index (χ3n) is 6.46. The molecule has 1 aromatic heterocycles. The zero-order valence-corrected chi connectivity index (χ0v) is 13.9. The predicted octanol–water partition coefficient (Wildman–Crippen LogP) is 5.34. The summed E-state index contributed by atoms with van der Waals surface area (Å²) < 4.78 is 39.9. The third kappa shape index (κ3) is 1.84. The van der Waals surface area contributed by atoms with Gasteiger partial charge in [-0.25, -0.2) is 0 Å². The maximum Gasteiger partial charge on any atom is 0.417 e. The van der Waals surface area contributed by atoms with E-state index in [-0.39, 0.29) is 16.4 Å². The van der Waals surface area contributed by atoms with E-state index in [0.717, 1.165) is 30.2 Å². The summed E-state index contributed by atoms with van der Waals surface area (Å²) in [5.74, 6) is 0.338. The molecular weight excluding hydrogens is 313 g/mol. The van der Waals surface area contributed by atoms with Gasteiger partial charge in [0.15, 0.2) is 0 Å². The van der Waals surface area contributed by atoms with Gasteiger partial charge in [0.1, 0.15) is 0 Å². The molecule has 1 fully saturated rings. The first kappa shape index (κ1) is 15.6. The number of aromatic nitrogens is 2. The molecule has 4 rings (SSSR count). The van der Waals surface area contributed by atoms with Crippen LogP contribution in [0.15, 0.2) is 30.3 Å². The zero-order chi connectivity index (χ0) is 17.3. The molecule has 1 aromatic carbocycles. The number of nitrogens with zero attached hydrogens (tertiary/aromatic N) is 2. The number of rotatable bonds is 1. The molecule has 2 bridgehead atoms. The lowest BCUT2D eigenvalue weighted by Crippen LogP contribution is -2.32. The fourth-order valence-corrected chi connectivity index (χ4v) is 4.65. The summed E-state index contributed by atoms with van der Waals surface area (Å²) in [6.45, 7) is 6.67. The highest BCUT2D eigenvalue weighted by atomic mass is 19.4. The Hall–Kier alpha value is -1.91. The number of hydrogen-bond acceptors (Lipinski definition) is 2. The SMILES string of the molecule is CC12CCC(c3cc(-c4ccccc4C(F)(F)F)nnc31)C2(C)C. The Kier molecular flexibility index (Phi) is 2.98. The molecule has 1 saturated carbocycles. The molecule has 2 nitrogen and oxygen atoms in total. The van der Waals surface area contributed by atoms with E-state index >= 15 is 0 Å². The summed E-state index contributed by atoms with van der Waals surface area (Å²) in [5, 5.41) is 8.57. The Morgan fingerprint density at radius 2 is 1.79 bits per heavy atom. The van der Waals surface area contributed by atoms with Gasteiger partial charge in [-0.2, -0.15) is 23.4 Å². The second-order valence-corrected chi connectivity index (χ2v) is 7.72. The summed E-state index contributed by atoms with van der Waals surface area (Å²) in [5.41, 5.74) is 1.83. The van der Waals surface area contributed by atoms with E-state index in [9.17, 15) is 13.2 Å². The predicted molar refractivity (Wildman–Crippen MR) is 85.6 cm³/mol. The molecule has 0 amide bonds. The van der Waals surface area contributed by atoms with Crippen LogP contribution in [0.4, 0.5) is 13.2 Å². The molecule has 1 heterocycles. The topological polar surface area (TPSA) is 25.8 Å². The van der Waals surface area contributed by atoms with Crippen LogP contribution in [0.3, 0.4) is 0 Å². The molecule has 0 saturated heterocycles. The van der Waals surface area contributed by atoms with Crippen LogP contribution in [0.2, 0.25) is 0 Å². The van der Waals surface area contributed by atoms with Gasteiger partial charge in [-0.1, -0.05) is 39.0 Å². The van der Waals surface area contributed by atoms with Crippen molar-refractivity contribution in [3.63, 3.8) is 0 Å². The highest BCUT2D eigenvalue weighted by molar-refractivity contribution is 5.66. The number of alkyl halides is 3. The highest BCUT2D eigenvalue weighted by Crippen LogP contribution is 2.67. The van der Waals surface area contributed by atoms with Gasteiger partial charge >= 0.3 is 6.18 Å². The van der Waals surface area contributed by atoms with Gasteiger partial charge in [-0.15, -0.1) is 0 Å². The van der Waals surface area contributed by atoms with Gasteiger partial charge < -0.3 is 0 Å². The van der Waals surface area contributed by atoms with E-state index in [4.69, 9.17) is 0 Å². The van der Waals surface area contributed by atoms with Crippen molar-refractivity contribution in [1.82, 2.24) is 10.2 Å². The molecule has 0 radical (unpaired) electrons. The van der Waals surface area contributed by atoms with Crippen molar-refractivity contribution in [3.05, 3.63) is 47.2 Å². The first-order valence-electron chi connectivity index (χ1n) is 8.21. The smallest absolute Gasteiger partial charge is 0.166 e. The highest BCUT2D eigenvalue weighted by Gasteiger charge is 2.60. The minimum Gasteiger partial charge on any atom is -0.166 e. The number of benzene rings is 1. The van der Waals surface area contributed by atoms with E-state index in [1.54, 1.807) is 6.07 Å². The van der Waals surface area contributed by atoms with E-state index in [1.165, 1.54) is 12.1 Å². The Morgan fingerprint density at radius 3 is 2.50 bits per heavy atom. The van der Waals surface area contributed by atoms with Gasteiger partial charge in [0, 0.05) is 11.0 Å². The third-order valence-corrected chi connectivity index (χ3v) is 6.46. The van der Waals surface area contributed by atoms with Crippen LogP contribution in [0, 0.1) is 5.41 Å². The molecule has 2 aliphatic carbocycles. The molecular formula is C19H19F3N2. The van der Waals surface area contributed by atoms with Crippen molar-refractivity contribution < 1.29 is 13.2 Å². The fourth-order valence-electron chi connectivity index (χ4n) is 4.65. The summed E-state index contributed by atoms with van der Waals surface area (Å²) in [6, 6.07) is 7.42. The van der Waals surface area contributed by atoms with E-state index < -0.39 is 11.7 Å². The van der Waals surface area contributed by atoms with Crippen molar-refractivity contribution in [2.24, 2.45) is 5.41 Å². The minimum atomic E-state index is -4.40. The number of fused-ring (bicyclic) bond motifs is 5. The maximum atomic E-state index is 13.3. The normalized spacial score (nSPS) is 27.3. The summed E-state index contributed by atoms with van der Waals surface area (Å²) in [4.78, 5) is 0. The van der Waals surface area contributed by atoms with Crippen molar-refractivity contribution in [3.8, 4) is 11.3 Å². The van der Waals surface area contributed by atoms with Crippen LogP contribution in [0.1, 0.15) is 56.4 Å². The molecule has 24 heavy (non-hydrogen) atoms. The number of halogens is 3. The lowest BCUT2D eigenvalue weighted by molar-refractivity contribution is -0.137. The van der Waals surface area contributed by atoms with Crippen molar-refractivity contribution >= 4 is 0 Å². The Bertz CT molecular complexity index is 826. The largest absolute Gasteiger partial charge is 0.417 e. The first-order chi connectivity index (χ1) is 11.2. The molecule has 2 aromatic rings. The maximum absolute atomic E-state index is 13.3. The molecule has 2 aliphatic rings. The zero-order valence-electron chi connectivity index (χ0n) is 13.9. The average molecular weight is 332 g/mol. The summed E-state index contributed by atoms with van der Waals surface area (Å²) in [6.07, 6.45) is -2.28. The summed E-state index contributed by atoms with van der Waals surface area (Å²) >= 11 is 0. The molecule has 2 atom stereocenters. The van der Waals surface area contributed by atoms with Crippen molar-refractivity contribution in [1.29, 1.82) is 0 Å². The van der Waals surface area contributed by atoms with Crippen LogP contribution in [0.25, 0.3) is 11.3 Å². The van der Waals surface area contributed by atoms with E-state index in [2.05, 4.69) is 31.0 Å². The van der Waals surface area contributed by atoms with Gasteiger partial charge in [0.05, 0.1) is 17.0 Å². The van der Waals surface area contributed by atoms with Gasteiger partial charge in [0.25, 0.3) is 0 Å². The van der Waals surface area contributed by atoms with Crippen LogP contribution >= 0.6 is 0 Å². The molecule has 0 spiro atoms. The first-order valence-corrected chi connectivity index (χ1v) is 8.21. The second-order valence-electron chi connectivity index (χ2n) is 7.72. The standard InChI is InChI=1S/C19H19F3N2/c1-17(2)13-8-9-18(17,3)16-12(13)10-15(23-24-16)11-6-4-5-7-14(11)19(20,21)22/h4-7,10,13H,8-9H2,1-3H3. The van der Waals surface area contributed by atoms with Crippen LogP contribution in [-0.4, -0.2) is 10.2 Å². The molecule has 0 aliphatic heterocycles.